The van der Waals surface area contributed by atoms with Crippen LogP contribution in [-0.4, -0.2) is 0 Å². The zero-order chi connectivity index (χ0) is 9.84. The third-order valence-corrected chi connectivity index (χ3v) is 2.02. The smallest absolute Gasteiger partial charge is 0.134 e. The van der Waals surface area contributed by atoms with Crippen LogP contribution in [-0.2, 0) is 0 Å². The molecule has 1 aromatic rings. The fourth-order valence-corrected chi connectivity index (χ4v) is 1.35. The molecule has 0 saturated heterocycles. The van der Waals surface area contributed by atoms with Crippen molar-refractivity contribution >= 4 is 22.0 Å². The van der Waals surface area contributed by atoms with Crippen molar-refractivity contribution in [3.05, 3.63) is 39.9 Å². The lowest BCUT2D eigenvalue weighted by Crippen LogP contribution is -1.88. The van der Waals surface area contributed by atoms with E-state index in [9.17, 15) is 8.78 Å². The van der Waals surface area contributed by atoms with Gasteiger partial charge in [0.2, 0.25) is 0 Å². The maximum Gasteiger partial charge on any atom is 0.134 e. The molecule has 0 unspecified atom stereocenters. The average Bonchev–Trinajstić information content (AvgIpc) is 2.02. The van der Waals surface area contributed by atoms with Crippen LogP contribution in [0.5, 0.6) is 0 Å². The van der Waals surface area contributed by atoms with Gasteiger partial charge in [-0.05, 0) is 18.6 Å². The summed E-state index contributed by atoms with van der Waals surface area (Å²) in [6.45, 7) is 1.91. The lowest BCUT2D eigenvalue weighted by atomic mass is 10.2. The molecule has 0 saturated carbocycles. The van der Waals surface area contributed by atoms with Crippen LogP contribution in [0.3, 0.4) is 0 Å². The van der Waals surface area contributed by atoms with Crippen molar-refractivity contribution in [2.45, 2.75) is 13.3 Å². The van der Waals surface area contributed by atoms with Crippen molar-refractivity contribution in [3.8, 4) is 0 Å². The van der Waals surface area contributed by atoms with E-state index in [-0.39, 0.29) is 5.56 Å². The Morgan fingerprint density at radius 2 is 1.85 bits per heavy atom. The van der Waals surface area contributed by atoms with Gasteiger partial charge >= 0.3 is 0 Å². The fraction of sp³-hybridized carbons (Fsp3) is 0.200. The minimum Gasteiger partial charge on any atom is -0.206 e. The lowest BCUT2D eigenvalue weighted by molar-refractivity contribution is 0.577. The number of rotatable bonds is 2. The lowest BCUT2D eigenvalue weighted by Gasteiger charge is -1.99. The molecular formula is C10H9BrF2. The standard InChI is InChI=1S/C10H9BrF2/c1-2-3-4-8-9(12)5-7(11)6-10(8)13/h3-6H,2H2,1H3. The second kappa shape index (κ2) is 4.51. The molecule has 0 bridgehead atoms. The Bertz CT molecular complexity index is 309. The van der Waals surface area contributed by atoms with Gasteiger partial charge in [0.1, 0.15) is 11.6 Å². The quantitative estimate of drug-likeness (QED) is 0.736. The highest BCUT2D eigenvalue weighted by Gasteiger charge is 2.06. The molecule has 0 nitrogen and oxygen atoms in total. The average molecular weight is 247 g/mol. The van der Waals surface area contributed by atoms with E-state index < -0.39 is 11.6 Å². The van der Waals surface area contributed by atoms with Crippen molar-refractivity contribution < 1.29 is 8.78 Å². The minimum absolute atomic E-state index is 0.0186. The Morgan fingerprint density at radius 1 is 1.31 bits per heavy atom. The zero-order valence-electron chi connectivity index (χ0n) is 7.15. The highest BCUT2D eigenvalue weighted by molar-refractivity contribution is 9.10. The van der Waals surface area contributed by atoms with Crippen LogP contribution in [0.1, 0.15) is 18.9 Å². The second-order valence-electron chi connectivity index (χ2n) is 2.59. The van der Waals surface area contributed by atoms with E-state index in [2.05, 4.69) is 15.9 Å². The van der Waals surface area contributed by atoms with Gasteiger partial charge in [0, 0.05) is 10.0 Å². The molecule has 0 heterocycles. The fourth-order valence-electron chi connectivity index (χ4n) is 0.948. The van der Waals surface area contributed by atoms with Crippen LogP contribution in [0, 0.1) is 11.6 Å². The van der Waals surface area contributed by atoms with E-state index in [1.54, 1.807) is 6.08 Å². The van der Waals surface area contributed by atoms with Gasteiger partial charge in [-0.2, -0.15) is 0 Å². The molecule has 0 aromatic heterocycles. The summed E-state index contributed by atoms with van der Waals surface area (Å²) in [5, 5.41) is 0. The first-order valence-electron chi connectivity index (χ1n) is 3.96. The van der Waals surface area contributed by atoms with Crippen LogP contribution in [0.4, 0.5) is 8.78 Å². The van der Waals surface area contributed by atoms with Crippen molar-refractivity contribution in [1.82, 2.24) is 0 Å². The topological polar surface area (TPSA) is 0 Å². The third-order valence-electron chi connectivity index (χ3n) is 1.56. The summed E-state index contributed by atoms with van der Waals surface area (Å²) < 4.78 is 26.6. The van der Waals surface area contributed by atoms with Gasteiger partial charge in [-0.1, -0.05) is 35.0 Å². The molecule has 3 heteroatoms. The number of hydrogen-bond donors (Lipinski definition) is 0. The molecule has 0 N–H and O–H groups in total. The van der Waals surface area contributed by atoms with Crippen LogP contribution in [0.2, 0.25) is 0 Å². The normalized spacial score (nSPS) is 11.1. The highest BCUT2D eigenvalue weighted by Crippen LogP contribution is 2.20. The molecule has 70 valence electrons. The van der Waals surface area contributed by atoms with Crippen molar-refractivity contribution in [2.75, 3.05) is 0 Å². The molecule has 1 rings (SSSR count). The summed E-state index contributed by atoms with van der Waals surface area (Å²) in [6.07, 6.45) is 3.93. The van der Waals surface area contributed by atoms with Gasteiger partial charge in [0.15, 0.2) is 0 Å². The predicted octanol–water partition coefficient (Wildman–Crippen LogP) is 4.15. The van der Waals surface area contributed by atoms with Gasteiger partial charge in [-0.15, -0.1) is 0 Å². The molecule has 0 atom stereocenters. The van der Waals surface area contributed by atoms with E-state index in [1.807, 2.05) is 6.92 Å². The summed E-state index contributed by atoms with van der Waals surface area (Å²) in [6, 6.07) is 2.50. The number of allylic oxidation sites excluding steroid dienone is 1. The molecule has 0 aliphatic rings. The number of hydrogen-bond acceptors (Lipinski definition) is 0. The molecule has 0 spiro atoms. The van der Waals surface area contributed by atoms with Crippen molar-refractivity contribution in [2.24, 2.45) is 0 Å². The van der Waals surface area contributed by atoms with Gasteiger partial charge in [-0.3, -0.25) is 0 Å². The van der Waals surface area contributed by atoms with E-state index in [0.29, 0.717) is 4.47 Å². The maximum absolute atomic E-state index is 13.1. The summed E-state index contributed by atoms with van der Waals surface area (Å²) in [5.41, 5.74) is 0.0186. The first kappa shape index (κ1) is 10.4. The van der Waals surface area contributed by atoms with Crippen molar-refractivity contribution in [3.63, 3.8) is 0 Å². The largest absolute Gasteiger partial charge is 0.206 e. The van der Waals surface area contributed by atoms with Gasteiger partial charge in [0.25, 0.3) is 0 Å². The third kappa shape index (κ3) is 2.62. The first-order valence-corrected chi connectivity index (χ1v) is 4.75. The van der Waals surface area contributed by atoms with Gasteiger partial charge in [-0.25, -0.2) is 8.78 Å². The van der Waals surface area contributed by atoms with Crippen LogP contribution < -0.4 is 0 Å². The molecule has 0 amide bonds. The molecule has 0 radical (unpaired) electrons. The van der Waals surface area contributed by atoms with Gasteiger partial charge < -0.3 is 0 Å². The van der Waals surface area contributed by atoms with E-state index >= 15 is 0 Å². The van der Waals surface area contributed by atoms with E-state index in [4.69, 9.17) is 0 Å². The zero-order valence-corrected chi connectivity index (χ0v) is 8.74. The summed E-state index contributed by atoms with van der Waals surface area (Å²) in [4.78, 5) is 0. The molecule has 0 aliphatic heterocycles. The number of benzene rings is 1. The Kier molecular flexibility index (Phi) is 3.60. The van der Waals surface area contributed by atoms with Crippen LogP contribution in [0.25, 0.3) is 6.08 Å². The predicted molar refractivity (Wildman–Crippen MR) is 53.4 cm³/mol. The molecular weight excluding hydrogens is 238 g/mol. The monoisotopic (exact) mass is 246 g/mol. The van der Waals surface area contributed by atoms with Gasteiger partial charge in [0.05, 0.1) is 0 Å². The summed E-state index contributed by atoms with van der Waals surface area (Å²) in [7, 11) is 0. The van der Waals surface area contributed by atoms with Crippen molar-refractivity contribution in [1.29, 1.82) is 0 Å². The molecule has 0 fully saturated rings. The summed E-state index contributed by atoms with van der Waals surface area (Å²) in [5.74, 6) is -1.09. The molecule has 1 aromatic carbocycles. The Balaban J connectivity index is 3.13. The number of halogens is 3. The minimum atomic E-state index is -0.545. The maximum atomic E-state index is 13.1. The SMILES string of the molecule is CCC=Cc1c(F)cc(Br)cc1F. The Hall–Kier alpha value is -0.700. The Labute approximate surface area is 84.4 Å². The van der Waals surface area contributed by atoms with E-state index in [0.717, 1.165) is 6.42 Å². The first-order chi connectivity index (χ1) is 6.15. The van der Waals surface area contributed by atoms with E-state index in [1.165, 1.54) is 18.2 Å². The Morgan fingerprint density at radius 3 is 2.31 bits per heavy atom. The summed E-state index contributed by atoms with van der Waals surface area (Å²) >= 11 is 3.01. The second-order valence-corrected chi connectivity index (χ2v) is 3.51. The molecule has 13 heavy (non-hydrogen) atoms. The van der Waals surface area contributed by atoms with Crippen LogP contribution in [0.15, 0.2) is 22.7 Å². The molecule has 0 aliphatic carbocycles. The van der Waals surface area contributed by atoms with Crippen LogP contribution >= 0.6 is 15.9 Å². The highest BCUT2D eigenvalue weighted by atomic mass is 79.9.